The Balaban J connectivity index is 1.65. The lowest BCUT2D eigenvalue weighted by Crippen LogP contribution is -2.15. The van der Waals surface area contributed by atoms with E-state index in [0.29, 0.717) is 39.6 Å². The van der Waals surface area contributed by atoms with E-state index in [0.717, 1.165) is 11.3 Å². The molecule has 0 unspecified atom stereocenters. The van der Waals surface area contributed by atoms with Gasteiger partial charge in [0, 0.05) is 16.5 Å². The van der Waals surface area contributed by atoms with Gasteiger partial charge in [-0.15, -0.1) is 11.3 Å². The summed E-state index contributed by atoms with van der Waals surface area (Å²) in [6.45, 7) is 1.86. The topological polar surface area (TPSA) is 87.5 Å². The zero-order valence-corrected chi connectivity index (χ0v) is 18.9. The van der Waals surface area contributed by atoms with Gasteiger partial charge in [0.05, 0.1) is 33.2 Å². The maximum absolute atomic E-state index is 13.0. The van der Waals surface area contributed by atoms with E-state index in [1.807, 2.05) is 47.2 Å². The second-order valence-electron chi connectivity index (χ2n) is 6.78. The molecule has 9 heteroatoms. The Labute approximate surface area is 189 Å². The number of benzene rings is 2. The highest BCUT2D eigenvalue weighted by Crippen LogP contribution is 2.38. The van der Waals surface area contributed by atoms with Crippen molar-refractivity contribution in [2.75, 3.05) is 26.6 Å². The minimum atomic E-state index is -0.342. The van der Waals surface area contributed by atoms with Crippen LogP contribution in [0.25, 0.3) is 16.4 Å². The van der Waals surface area contributed by atoms with Crippen molar-refractivity contribution in [1.29, 1.82) is 0 Å². The largest absolute Gasteiger partial charge is 0.493 e. The number of rotatable bonds is 7. The Bertz CT molecular complexity index is 1230. The minimum absolute atomic E-state index is 0.342. The highest BCUT2D eigenvalue weighted by atomic mass is 32.1. The van der Waals surface area contributed by atoms with Gasteiger partial charge in [0.1, 0.15) is 11.6 Å². The van der Waals surface area contributed by atoms with Crippen molar-refractivity contribution in [3.63, 3.8) is 0 Å². The molecule has 1 N–H and O–H groups in total. The van der Waals surface area contributed by atoms with E-state index in [-0.39, 0.29) is 5.91 Å². The number of ether oxygens (including phenoxy) is 3. The number of methoxy groups -OCH3 is 3. The molecular formula is C23H22N4O4S. The van der Waals surface area contributed by atoms with Gasteiger partial charge < -0.3 is 19.5 Å². The number of hydrogen-bond acceptors (Lipinski definition) is 7. The lowest BCUT2D eigenvalue weighted by atomic mass is 10.1. The molecule has 0 radical (unpaired) electrons. The van der Waals surface area contributed by atoms with Crippen LogP contribution in [0.2, 0.25) is 0 Å². The Hall–Kier alpha value is -3.85. The van der Waals surface area contributed by atoms with E-state index < -0.39 is 0 Å². The van der Waals surface area contributed by atoms with Gasteiger partial charge in [-0.25, -0.2) is 9.97 Å². The van der Waals surface area contributed by atoms with E-state index in [2.05, 4.69) is 10.3 Å². The third-order valence-corrected chi connectivity index (χ3v) is 5.69. The summed E-state index contributed by atoms with van der Waals surface area (Å²) in [4.78, 5) is 22.1. The molecule has 4 rings (SSSR count). The van der Waals surface area contributed by atoms with E-state index in [1.165, 1.54) is 32.7 Å². The number of hydrogen-bond donors (Lipinski definition) is 1. The van der Waals surface area contributed by atoms with Crippen LogP contribution in [0.5, 0.6) is 17.2 Å². The Kier molecular flexibility index (Phi) is 6.09. The molecule has 2 aromatic carbocycles. The maximum atomic E-state index is 13.0. The van der Waals surface area contributed by atoms with Crippen molar-refractivity contribution in [2.45, 2.75) is 6.92 Å². The standard InChI is InChI=1S/C23H22N4O4S/c1-14-24-12-20(27(14)23-25-17(13-32-23)15-8-6-5-7-9-15)26-22(28)16-10-18(29-2)21(31-4)19(11-16)30-3/h5-13H,1-4H3,(H,26,28). The van der Waals surface area contributed by atoms with Crippen molar-refractivity contribution in [2.24, 2.45) is 0 Å². The molecule has 0 atom stereocenters. The number of nitrogens with one attached hydrogen (secondary N) is 1. The number of nitrogens with zero attached hydrogens (tertiary/aromatic N) is 3. The fourth-order valence-corrected chi connectivity index (χ4v) is 4.18. The molecule has 0 saturated heterocycles. The van der Waals surface area contributed by atoms with Gasteiger partial charge in [-0.2, -0.15) is 0 Å². The summed E-state index contributed by atoms with van der Waals surface area (Å²) in [6.07, 6.45) is 1.61. The molecule has 0 bridgehead atoms. The van der Waals surface area contributed by atoms with Crippen molar-refractivity contribution >= 4 is 23.1 Å². The average Bonchev–Trinajstić information content (AvgIpc) is 3.45. The van der Waals surface area contributed by atoms with Gasteiger partial charge in [-0.3, -0.25) is 9.36 Å². The number of aromatic nitrogens is 3. The van der Waals surface area contributed by atoms with Crippen molar-refractivity contribution in [3.05, 3.63) is 65.4 Å². The molecule has 0 fully saturated rings. The molecule has 164 valence electrons. The lowest BCUT2D eigenvalue weighted by molar-refractivity contribution is 0.102. The van der Waals surface area contributed by atoms with Crippen LogP contribution in [0.15, 0.2) is 54.0 Å². The fraction of sp³-hybridized carbons (Fsp3) is 0.174. The summed E-state index contributed by atoms with van der Waals surface area (Å²) < 4.78 is 17.8. The molecule has 4 aromatic rings. The molecule has 1 amide bonds. The van der Waals surface area contributed by atoms with E-state index in [1.54, 1.807) is 18.3 Å². The fourth-order valence-electron chi connectivity index (χ4n) is 3.28. The van der Waals surface area contributed by atoms with Crippen LogP contribution in [-0.2, 0) is 0 Å². The minimum Gasteiger partial charge on any atom is -0.493 e. The number of thiazole rings is 1. The van der Waals surface area contributed by atoms with Crippen molar-refractivity contribution in [3.8, 4) is 33.6 Å². The molecular weight excluding hydrogens is 428 g/mol. The Morgan fingerprint density at radius 1 is 1.03 bits per heavy atom. The average molecular weight is 451 g/mol. The first-order valence-electron chi connectivity index (χ1n) is 9.72. The highest BCUT2D eigenvalue weighted by molar-refractivity contribution is 7.12. The summed E-state index contributed by atoms with van der Waals surface area (Å²) in [5.74, 6) is 2.09. The zero-order valence-electron chi connectivity index (χ0n) is 18.1. The van der Waals surface area contributed by atoms with Crippen LogP contribution >= 0.6 is 11.3 Å². The first-order valence-corrected chi connectivity index (χ1v) is 10.6. The molecule has 32 heavy (non-hydrogen) atoms. The second kappa shape index (κ2) is 9.11. The van der Waals surface area contributed by atoms with Crippen LogP contribution in [0.3, 0.4) is 0 Å². The van der Waals surface area contributed by atoms with Crippen molar-refractivity contribution < 1.29 is 19.0 Å². The molecule has 2 heterocycles. The number of carbonyl (C=O) groups excluding carboxylic acids is 1. The molecule has 0 saturated carbocycles. The third-order valence-electron chi connectivity index (χ3n) is 4.86. The molecule has 2 aromatic heterocycles. The smallest absolute Gasteiger partial charge is 0.257 e. The van der Waals surface area contributed by atoms with Gasteiger partial charge in [0.2, 0.25) is 5.75 Å². The highest BCUT2D eigenvalue weighted by Gasteiger charge is 2.20. The molecule has 0 aliphatic heterocycles. The van der Waals surface area contributed by atoms with Crippen LogP contribution in [0, 0.1) is 6.92 Å². The van der Waals surface area contributed by atoms with Crippen LogP contribution in [0.1, 0.15) is 16.2 Å². The zero-order chi connectivity index (χ0) is 22.7. The van der Waals surface area contributed by atoms with E-state index in [9.17, 15) is 4.79 Å². The molecule has 0 aliphatic carbocycles. The molecule has 0 spiro atoms. The predicted octanol–water partition coefficient (Wildman–Crippen LogP) is 4.58. The second-order valence-corrected chi connectivity index (χ2v) is 7.61. The summed E-state index contributed by atoms with van der Waals surface area (Å²) in [7, 11) is 4.52. The van der Waals surface area contributed by atoms with Gasteiger partial charge in [0.25, 0.3) is 5.91 Å². The van der Waals surface area contributed by atoms with Gasteiger partial charge in [0.15, 0.2) is 16.6 Å². The van der Waals surface area contributed by atoms with Crippen LogP contribution < -0.4 is 19.5 Å². The number of amides is 1. The molecule has 8 nitrogen and oxygen atoms in total. The Morgan fingerprint density at radius 3 is 2.34 bits per heavy atom. The van der Waals surface area contributed by atoms with Crippen LogP contribution in [-0.4, -0.2) is 41.8 Å². The van der Waals surface area contributed by atoms with E-state index >= 15 is 0 Å². The number of aryl methyl sites for hydroxylation is 1. The summed E-state index contributed by atoms with van der Waals surface area (Å²) >= 11 is 1.47. The first kappa shape index (κ1) is 21.4. The molecule has 0 aliphatic rings. The van der Waals surface area contributed by atoms with Crippen LogP contribution in [0.4, 0.5) is 5.82 Å². The third kappa shape index (κ3) is 4.02. The number of carbonyl (C=O) groups is 1. The quantitative estimate of drug-likeness (QED) is 0.443. The Morgan fingerprint density at radius 2 is 1.72 bits per heavy atom. The number of imidazole rings is 1. The summed E-state index contributed by atoms with van der Waals surface area (Å²) in [6, 6.07) is 13.1. The number of anilines is 1. The summed E-state index contributed by atoms with van der Waals surface area (Å²) in [5.41, 5.74) is 2.24. The monoisotopic (exact) mass is 450 g/mol. The van der Waals surface area contributed by atoms with E-state index in [4.69, 9.17) is 19.2 Å². The normalized spacial score (nSPS) is 10.6. The predicted molar refractivity (Wildman–Crippen MR) is 123 cm³/mol. The lowest BCUT2D eigenvalue weighted by Gasteiger charge is -2.14. The van der Waals surface area contributed by atoms with Gasteiger partial charge in [-0.05, 0) is 19.1 Å². The van der Waals surface area contributed by atoms with Crippen molar-refractivity contribution in [1.82, 2.24) is 14.5 Å². The van der Waals surface area contributed by atoms with Gasteiger partial charge >= 0.3 is 0 Å². The van der Waals surface area contributed by atoms with Gasteiger partial charge in [-0.1, -0.05) is 30.3 Å². The first-order chi connectivity index (χ1) is 15.5. The SMILES string of the molecule is COc1cc(C(=O)Nc2cnc(C)n2-c2nc(-c3ccccc3)cs2)cc(OC)c1OC. The maximum Gasteiger partial charge on any atom is 0.257 e. The summed E-state index contributed by atoms with van der Waals surface area (Å²) in [5, 5.41) is 5.60.